The van der Waals surface area contributed by atoms with Crippen LogP contribution in [0.1, 0.15) is 57.6 Å². The summed E-state index contributed by atoms with van der Waals surface area (Å²) in [5, 5.41) is 3.23. The molecule has 118 valence electrons. The standard InChI is InChI=1S/C18H29FN2/c1-5-14-9-11-15(12-10-14)21(4)18-16(13(2)20-3)7-6-8-17(18)19/h6-8,13-15,20H,5,9-12H2,1-4H3. The number of rotatable bonds is 5. The van der Waals surface area contributed by atoms with E-state index in [-0.39, 0.29) is 11.9 Å². The summed E-state index contributed by atoms with van der Waals surface area (Å²) in [4.78, 5) is 2.18. The lowest BCUT2D eigenvalue weighted by Crippen LogP contribution is -2.36. The van der Waals surface area contributed by atoms with E-state index in [0.29, 0.717) is 6.04 Å². The lowest BCUT2D eigenvalue weighted by Gasteiger charge is -2.37. The molecule has 0 saturated heterocycles. The Morgan fingerprint density at radius 2 is 1.95 bits per heavy atom. The zero-order valence-corrected chi connectivity index (χ0v) is 13.8. The first-order valence-electron chi connectivity index (χ1n) is 8.27. The van der Waals surface area contributed by atoms with E-state index in [9.17, 15) is 4.39 Å². The maximum Gasteiger partial charge on any atom is 0.146 e. The molecule has 1 atom stereocenters. The molecule has 2 rings (SSSR count). The smallest absolute Gasteiger partial charge is 0.146 e. The van der Waals surface area contributed by atoms with Gasteiger partial charge in [0.2, 0.25) is 0 Å². The summed E-state index contributed by atoms with van der Waals surface area (Å²) in [5.41, 5.74) is 1.83. The van der Waals surface area contributed by atoms with Crippen molar-refractivity contribution in [2.45, 2.75) is 58.0 Å². The van der Waals surface area contributed by atoms with Crippen LogP contribution in [0.25, 0.3) is 0 Å². The van der Waals surface area contributed by atoms with Crippen LogP contribution in [0.4, 0.5) is 10.1 Å². The topological polar surface area (TPSA) is 15.3 Å². The maximum atomic E-state index is 14.4. The highest BCUT2D eigenvalue weighted by Crippen LogP contribution is 2.35. The Morgan fingerprint density at radius 3 is 2.52 bits per heavy atom. The molecule has 1 saturated carbocycles. The highest BCUT2D eigenvalue weighted by molar-refractivity contribution is 5.56. The fourth-order valence-corrected chi connectivity index (χ4v) is 3.53. The second-order valence-corrected chi connectivity index (χ2v) is 6.38. The molecule has 1 N–H and O–H groups in total. The molecular formula is C18H29FN2. The average molecular weight is 292 g/mol. The molecule has 1 unspecified atom stereocenters. The van der Waals surface area contributed by atoms with Crippen LogP contribution in [-0.2, 0) is 0 Å². The molecular weight excluding hydrogens is 263 g/mol. The van der Waals surface area contributed by atoms with Crippen LogP contribution in [0.15, 0.2) is 18.2 Å². The molecule has 0 spiro atoms. The number of para-hydroxylation sites is 1. The van der Waals surface area contributed by atoms with E-state index in [2.05, 4.69) is 31.1 Å². The molecule has 0 amide bonds. The van der Waals surface area contributed by atoms with Crippen molar-refractivity contribution >= 4 is 5.69 Å². The van der Waals surface area contributed by atoms with Gasteiger partial charge in [0.15, 0.2) is 0 Å². The van der Waals surface area contributed by atoms with Gasteiger partial charge in [0, 0.05) is 19.1 Å². The van der Waals surface area contributed by atoms with Crippen molar-refractivity contribution in [3.05, 3.63) is 29.6 Å². The van der Waals surface area contributed by atoms with Crippen molar-refractivity contribution in [1.82, 2.24) is 5.32 Å². The van der Waals surface area contributed by atoms with Crippen LogP contribution in [0.3, 0.4) is 0 Å². The summed E-state index contributed by atoms with van der Waals surface area (Å²) in [6.07, 6.45) is 6.18. The van der Waals surface area contributed by atoms with E-state index >= 15 is 0 Å². The van der Waals surface area contributed by atoms with Gasteiger partial charge < -0.3 is 10.2 Å². The highest BCUT2D eigenvalue weighted by atomic mass is 19.1. The fraction of sp³-hybridized carbons (Fsp3) is 0.667. The molecule has 21 heavy (non-hydrogen) atoms. The van der Waals surface area contributed by atoms with Gasteiger partial charge in [-0.2, -0.15) is 0 Å². The normalized spacial score (nSPS) is 23.9. The Labute approximate surface area is 128 Å². The third-order valence-corrected chi connectivity index (χ3v) is 5.21. The lowest BCUT2D eigenvalue weighted by atomic mass is 9.83. The van der Waals surface area contributed by atoms with Gasteiger partial charge in [0.05, 0.1) is 5.69 Å². The summed E-state index contributed by atoms with van der Waals surface area (Å²) in [5.74, 6) is 0.765. The van der Waals surface area contributed by atoms with Gasteiger partial charge in [-0.3, -0.25) is 0 Å². The molecule has 1 aromatic rings. The van der Waals surface area contributed by atoms with Crippen molar-refractivity contribution in [1.29, 1.82) is 0 Å². The van der Waals surface area contributed by atoms with Crippen LogP contribution in [0.5, 0.6) is 0 Å². The number of anilines is 1. The minimum absolute atomic E-state index is 0.102. The minimum Gasteiger partial charge on any atom is -0.369 e. The third kappa shape index (κ3) is 3.57. The predicted octanol–water partition coefficient (Wildman–Crippen LogP) is 4.51. The monoisotopic (exact) mass is 292 g/mol. The van der Waals surface area contributed by atoms with Crippen LogP contribution in [-0.4, -0.2) is 20.1 Å². The summed E-state index contributed by atoms with van der Waals surface area (Å²) in [7, 11) is 3.98. The minimum atomic E-state index is -0.102. The first-order valence-corrected chi connectivity index (χ1v) is 8.27. The Hall–Kier alpha value is -1.09. The van der Waals surface area contributed by atoms with Gasteiger partial charge in [-0.05, 0) is 57.2 Å². The van der Waals surface area contributed by atoms with Crippen LogP contribution < -0.4 is 10.2 Å². The molecule has 0 radical (unpaired) electrons. The highest BCUT2D eigenvalue weighted by Gasteiger charge is 2.26. The SMILES string of the molecule is CCC1CCC(N(C)c2c(F)cccc2C(C)NC)CC1. The van der Waals surface area contributed by atoms with Gasteiger partial charge in [0.1, 0.15) is 5.82 Å². The van der Waals surface area contributed by atoms with E-state index in [4.69, 9.17) is 0 Å². The van der Waals surface area contributed by atoms with Crippen LogP contribution in [0.2, 0.25) is 0 Å². The van der Waals surface area contributed by atoms with Gasteiger partial charge >= 0.3 is 0 Å². The number of nitrogens with one attached hydrogen (secondary N) is 1. The van der Waals surface area contributed by atoms with Crippen molar-refractivity contribution in [2.24, 2.45) is 5.92 Å². The molecule has 1 aliphatic rings. The first-order chi connectivity index (χ1) is 10.1. The van der Waals surface area contributed by atoms with Gasteiger partial charge in [-0.25, -0.2) is 4.39 Å². The second-order valence-electron chi connectivity index (χ2n) is 6.38. The maximum absolute atomic E-state index is 14.4. The zero-order valence-electron chi connectivity index (χ0n) is 13.8. The van der Waals surface area contributed by atoms with Gasteiger partial charge in [-0.1, -0.05) is 25.5 Å². The number of hydrogen-bond acceptors (Lipinski definition) is 2. The zero-order chi connectivity index (χ0) is 15.4. The Kier molecular flexibility index (Phi) is 5.63. The summed E-state index contributed by atoms with van der Waals surface area (Å²) >= 11 is 0. The van der Waals surface area contributed by atoms with E-state index in [1.807, 2.05) is 19.2 Å². The molecule has 2 nitrogen and oxygen atoms in total. The van der Waals surface area contributed by atoms with E-state index in [1.165, 1.54) is 32.1 Å². The number of benzene rings is 1. The van der Waals surface area contributed by atoms with Gasteiger partial charge in [-0.15, -0.1) is 0 Å². The number of hydrogen-bond donors (Lipinski definition) is 1. The summed E-state index contributed by atoms with van der Waals surface area (Å²) < 4.78 is 14.4. The Balaban J connectivity index is 2.21. The van der Waals surface area contributed by atoms with Gasteiger partial charge in [0.25, 0.3) is 0 Å². The van der Waals surface area contributed by atoms with E-state index in [1.54, 1.807) is 6.07 Å². The summed E-state index contributed by atoms with van der Waals surface area (Å²) in [6.45, 7) is 4.36. The predicted molar refractivity (Wildman–Crippen MR) is 88.3 cm³/mol. The Morgan fingerprint density at radius 1 is 1.29 bits per heavy atom. The molecule has 0 heterocycles. The van der Waals surface area contributed by atoms with Crippen molar-refractivity contribution in [3.63, 3.8) is 0 Å². The third-order valence-electron chi connectivity index (χ3n) is 5.21. The van der Waals surface area contributed by atoms with Crippen molar-refractivity contribution in [3.8, 4) is 0 Å². The lowest BCUT2D eigenvalue weighted by molar-refractivity contribution is 0.312. The fourth-order valence-electron chi connectivity index (χ4n) is 3.53. The quantitative estimate of drug-likeness (QED) is 0.859. The average Bonchev–Trinajstić information content (AvgIpc) is 2.53. The second kappa shape index (κ2) is 7.26. The largest absolute Gasteiger partial charge is 0.369 e. The van der Waals surface area contributed by atoms with Crippen LogP contribution in [0, 0.1) is 11.7 Å². The molecule has 1 fully saturated rings. The van der Waals surface area contributed by atoms with Crippen molar-refractivity contribution < 1.29 is 4.39 Å². The Bertz CT molecular complexity index is 453. The molecule has 0 aromatic heterocycles. The first kappa shape index (κ1) is 16.3. The molecule has 0 bridgehead atoms. The number of nitrogens with zero attached hydrogens (tertiary/aromatic N) is 1. The van der Waals surface area contributed by atoms with Crippen LogP contribution >= 0.6 is 0 Å². The van der Waals surface area contributed by atoms with E-state index < -0.39 is 0 Å². The number of halogens is 1. The van der Waals surface area contributed by atoms with Crippen molar-refractivity contribution in [2.75, 3.05) is 19.0 Å². The molecule has 3 heteroatoms. The molecule has 1 aromatic carbocycles. The summed E-state index contributed by atoms with van der Waals surface area (Å²) in [6, 6.07) is 6.05. The molecule has 1 aliphatic carbocycles. The van der Waals surface area contributed by atoms with E-state index in [0.717, 1.165) is 17.2 Å². The molecule has 0 aliphatic heterocycles.